The summed E-state index contributed by atoms with van der Waals surface area (Å²) >= 11 is 7.07. The first-order valence-electron chi connectivity index (χ1n) is 8.38. The molecule has 7 heteroatoms. The number of fused-ring (bicyclic) bond motifs is 3. The SMILES string of the molecule is CC1(C)CN2CCN(S(=O)(=O)c3ccc(Cl)s3)CC2c2ccccc21. The number of sulfonamides is 1. The largest absolute Gasteiger partial charge is 0.293 e. The predicted molar refractivity (Wildman–Crippen MR) is 102 cm³/mol. The van der Waals surface area contributed by atoms with E-state index in [4.69, 9.17) is 11.6 Å². The van der Waals surface area contributed by atoms with Gasteiger partial charge >= 0.3 is 0 Å². The molecule has 0 spiro atoms. The second-order valence-electron chi connectivity index (χ2n) is 7.38. The Kier molecular flexibility index (Phi) is 4.24. The molecule has 1 unspecified atom stereocenters. The zero-order chi connectivity index (χ0) is 17.8. The van der Waals surface area contributed by atoms with Gasteiger partial charge in [0, 0.05) is 37.6 Å². The van der Waals surface area contributed by atoms with Gasteiger partial charge in [-0.1, -0.05) is 49.7 Å². The molecule has 25 heavy (non-hydrogen) atoms. The molecule has 3 heterocycles. The van der Waals surface area contributed by atoms with E-state index in [0.29, 0.717) is 21.6 Å². The van der Waals surface area contributed by atoms with Crippen molar-refractivity contribution in [1.29, 1.82) is 0 Å². The van der Waals surface area contributed by atoms with Crippen molar-refractivity contribution in [2.24, 2.45) is 0 Å². The first-order valence-corrected chi connectivity index (χ1v) is 11.0. The molecule has 1 atom stereocenters. The highest BCUT2D eigenvalue weighted by molar-refractivity contribution is 7.91. The van der Waals surface area contributed by atoms with Crippen LogP contribution in [0.2, 0.25) is 4.34 Å². The molecule has 0 aliphatic carbocycles. The quantitative estimate of drug-likeness (QED) is 0.776. The monoisotopic (exact) mass is 396 g/mol. The maximum absolute atomic E-state index is 13.0. The number of piperazine rings is 1. The Bertz CT molecular complexity index is 907. The van der Waals surface area contributed by atoms with E-state index >= 15 is 0 Å². The molecule has 2 aliphatic rings. The molecule has 1 aromatic heterocycles. The van der Waals surface area contributed by atoms with Crippen molar-refractivity contribution in [2.75, 3.05) is 26.2 Å². The van der Waals surface area contributed by atoms with Crippen LogP contribution in [0.5, 0.6) is 0 Å². The van der Waals surface area contributed by atoms with Gasteiger partial charge in [-0.3, -0.25) is 4.90 Å². The summed E-state index contributed by atoms with van der Waals surface area (Å²) in [6, 6.07) is 11.8. The van der Waals surface area contributed by atoms with E-state index in [1.807, 2.05) is 6.07 Å². The average molecular weight is 397 g/mol. The summed E-state index contributed by atoms with van der Waals surface area (Å²) in [5.74, 6) is 0. The summed E-state index contributed by atoms with van der Waals surface area (Å²) in [6.45, 7) is 7.24. The number of hydrogen-bond acceptors (Lipinski definition) is 4. The lowest BCUT2D eigenvalue weighted by Crippen LogP contribution is -2.55. The molecule has 1 aromatic carbocycles. The normalized spacial score (nSPS) is 23.9. The lowest BCUT2D eigenvalue weighted by atomic mass is 9.75. The van der Waals surface area contributed by atoms with Crippen molar-refractivity contribution in [3.8, 4) is 0 Å². The van der Waals surface area contributed by atoms with Crippen LogP contribution < -0.4 is 0 Å². The number of hydrogen-bond donors (Lipinski definition) is 0. The summed E-state index contributed by atoms with van der Waals surface area (Å²) in [6.07, 6.45) is 0. The Morgan fingerprint density at radius 3 is 2.64 bits per heavy atom. The van der Waals surface area contributed by atoms with Crippen LogP contribution in [0, 0.1) is 0 Å². The number of thiophene rings is 1. The highest BCUT2D eigenvalue weighted by atomic mass is 35.5. The van der Waals surface area contributed by atoms with Crippen LogP contribution in [-0.4, -0.2) is 43.8 Å². The molecule has 4 rings (SSSR count). The van der Waals surface area contributed by atoms with Crippen LogP contribution in [0.15, 0.2) is 40.6 Å². The highest BCUT2D eigenvalue weighted by Gasteiger charge is 2.42. The predicted octanol–water partition coefficient (Wildman–Crippen LogP) is 3.74. The Morgan fingerprint density at radius 1 is 1.16 bits per heavy atom. The van der Waals surface area contributed by atoms with E-state index < -0.39 is 10.0 Å². The third-order valence-corrected chi connectivity index (χ3v) is 8.81. The van der Waals surface area contributed by atoms with Crippen LogP contribution in [-0.2, 0) is 15.4 Å². The van der Waals surface area contributed by atoms with Crippen molar-refractivity contribution in [3.63, 3.8) is 0 Å². The molecule has 0 amide bonds. The van der Waals surface area contributed by atoms with Crippen LogP contribution >= 0.6 is 22.9 Å². The Morgan fingerprint density at radius 2 is 1.92 bits per heavy atom. The fourth-order valence-electron chi connectivity index (χ4n) is 4.06. The van der Waals surface area contributed by atoms with Gasteiger partial charge in [0.05, 0.1) is 4.34 Å². The molecule has 0 radical (unpaired) electrons. The molecule has 0 saturated carbocycles. The molecule has 0 N–H and O–H groups in total. The second-order valence-corrected chi connectivity index (χ2v) is 11.3. The fraction of sp³-hybridized carbons (Fsp3) is 0.444. The maximum Gasteiger partial charge on any atom is 0.252 e. The Hall–Kier alpha value is -0.920. The van der Waals surface area contributed by atoms with Gasteiger partial charge in [0.2, 0.25) is 0 Å². The van der Waals surface area contributed by atoms with E-state index in [9.17, 15) is 8.42 Å². The molecule has 0 bridgehead atoms. The van der Waals surface area contributed by atoms with Crippen molar-refractivity contribution >= 4 is 33.0 Å². The summed E-state index contributed by atoms with van der Waals surface area (Å²) in [5, 5.41) is 0. The minimum Gasteiger partial charge on any atom is -0.293 e. The maximum atomic E-state index is 13.0. The molecule has 1 fully saturated rings. The highest BCUT2D eigenvalue weighted by Crippen LogP contribution is 2.42. The average Bonchev–Trinajstić information content (AvgIpc) is 3.02. The van der Waals surface area contributed by atoms with E-state index in [-0.39, 0.29) is 11.5 Å². The lowest BCUT2D eigenvalue weighted by molar-refractivity contribution is 0.0808. The number of halogens is 1. The van der Waals surface area contributed by atoms with Gasteiger partial charge in [0.15, 0.2) is 0 Å². The zero-order valence-electron chi connectivity index (χ0n) is 14.3. The van der Waals surface area contributed by atoms with E-state index in [2.05, 4.69) is 36.9 Å². The molecular weight excluding hydrogens is 376 g/mol. The Balaban J connectivity index is 1.69. The van der Waals surface area contributed by atoms with Crippen molar-refractivity contribution in [1.82, 2.24) is 9.21 Å². The summed E-state index contributed by atoms with van der Waals surface area (Å²) in [4.78, 5) is 2.43. The minimum absolute atomic E-state index is 0.0788. The van der Waals surface area contributed by atoms with E-state index in [1.54, 1.807) is 16.4 Å². The van der Waals surface area contributed by atoms with Crippen LogP contribution in [0.1, 0.15) is 31.0 Å². The van der Waals surface area contributed by atoms with Gasteiger partial charge in [-0.05, 0) is 23.3 Å². The first-order chi connectivity index (χ1) is 11.8. The van der Waals surface area contributed by atoms with Crippen molar-refractivity contribution < 1.29 is 8.42 Å². The van der Waals surface area contributed by atoms with Gasteiger partial charge in [-0.25, -0.2) is 8.42 Å². The van der Waals surface area contributed by atoms with Crippen LogP contribution in [0.25, 0.3) is 0 Å². The minimum atomic E-state index is -3.48. The van der Waals surface area contributed by atoms with Gasteiger partial charge < -0.3 is 0 Å². The van der Waals surface area contributed by atoms with Crippen LogP contribution in [0.3, 0.4) is 0 Å². The number of benzene rings is 1. The van der Waals surface area contributed by atoms with E-state index in [0.717, 1.165) is 24.4 Å². The molecule has 2 aromatic rings. The number of nitrogens with zero attached hydrogens (tertiary/aromatic N) is 2. The summed E-state index contributed by atoms with van der Waals surface area (Å²) in [5.41, 5.74) is 2.66. The lowest BCUT2D eigenvalue weighted by Gasteiger charge is -2.49. The fourth-order valence-corrected chi connectivity index (χ4v) is 7.13. The first kappa shape index (κ1) is 17.5. The smallest absolute Gasteiger partial charge is 0.252 e. The summed E-state index contributed by atoms with van der Waals surface area (Å²) < 4.78 is 28.4. The van der Waals surface area contributed by atoms with Crippen LogP contribution in [0.4, 0.5) is 0 Å². The van der Waals surface area contributed by atoms with Gasteiger partial charge in [0.25, 0.3) is 10.0 Å². The topological polar surface area (TPSA) is 40.6 Å². The molecule has 2 aliphatic heterocycles. The standard InChI is InChI=1S/C18H21ClN2O2S2/c1-18(2)12-20-9-10-21(25(22,23)17-8-7-16(19)24-17)11-15(20)13-5-3-4-6-14(13)18/h3-8,15H,9-12H2,1-2H3. The molecule has 1 saturated heterocycles. The van der Waals surface area contributed by atoms with Crippen molar-refractivity contribution in [3.05, 3.63) is 51.9 Å². The van der Waals surface area contributed by atoms with Gasteiger partial charge in [-0.2, -0.15) is 4.31 Å². The molecule has 134 valence electrons. The molecular formula is C18H21ClN2O2S2. The zero-order valence-corrected chi connectivity index (χ0v) is 16.7. The van der Waals surface area contributed by atoms with E-state index in [1.165, 1.54) is 11.1 Å². The third-order valence-electron chi connectivity index (χ3n) is 5.24. The van der Waals surface area contributed by atoms with Gasteiger partial charge in [0.1, 0.15) is 4.21 Å². The van der Waals surface area contributed by atoms with Crippen molar-refractivity contribution in [2.45, 2.75) is 29.5 Å². The summed E-state index contributed by atoms with van der Waals surface area (Å²) in [7, 11) is -3.48. The van der Waals surface area contributed by atoms with Gasteiger partial charge in [-0.15, -0.1) is 11.3 Å². The second kappa shape index (κ2) is 6.06. The molecule has 4 nitrogen and oxygen atoms in total. The number of rotatable bonds is 2. The Labute approximate surface area is 158 Å². The third kappa shape index (κ3) is 2.94.